The van der Waals surface area contributed by atoms with E-state index in [4.69, 9.17) is 5.84 Å². The van der Waals surface area contributed by atoms with Gasteiger partial charge in [-0.05, 0) is 32.6 Å². The first kappa shape index (κ1) is 12.3. The molecule has 0 unspecified atom stereocenters. The SMILES string of the molecule is Cc1nc(C2CCC(C)CC2)nc(NN)c1C. The van der Waals surface area contributed by atoms with Crippen molar-refractivity contribution >= 4 is 5.82 Å². The summed E-state index contributed by atoms with van der Waals surface area (Å²) in [6.07, 6.45) is 4.97. The Labute approximate surface area is 103 Å². The molecule has 0 amide bonds. The van der Waals surface area contributed by atoms with Gasteiger partial charge in [0.1, 0.15) is 11.6 Å². The smallest absolute Gasteiger partial charge is 0.146 e. The monoisotopic (exact) mass is 234 g/mol. The molecule has 0 aromatic carbocycles. The van der Waals surface area contributed by atoms with Crippen molar-refractivity contribution in [3.05, 3.63) is 17.1 Å². The van der Waals surface area contributed by atoms with Gasteiger partial charge in [0.2, 0.25) is 0 Å². The summed E-state index contributed by atoms with van der Waals surface area (Å²) in [7, 11) is 0. The normalized spacial score (nSPS) is 24.7. The fourth-order valence-electron chi connectivity index (χ4n) is 2.49. The van der Waals surface area contributed by atoms with E-state index < -0.39 is 0 Å². The number of nitrogens with one attached hydrogen (secondary N) is 1. The van der Waals surface area contributed by atoms with Crippen molar-refractivity contribution in [2.24, 2.45) is 11.8 Å². The number of nitrogens with zero attached hydrogens (tertiary/aromatic N) is 2. The molecule has 0 atom stereocenters. The van der Waals surface area contributed by atoms with E-state index >= 15 is 0 Å². The minimum absolute atomic E-state index is 0.512. The van der Waals surface area contributed by atoms with Crippen LogP contribution >= 0.6 is 0 Å². The molecule has 0 spiro atoms. The van der Waals surface area contributed by atoms with Gasteiger partial charge in [-0.1, -0.05) is 19.8 Å². The molecular weight excluding hydrogens is 212 g/mol. The second-order valence-corrected chi connectivity index (χ2v) is 5.24. The van der Waals surface area contributed by atoms with Crippen LogP contribution in [0.5, 0.6) is 0 Å². The largest absolute Gasteiger partial charge is 0.308 e. The van der Waals surface area contributed by atoms with Gasteiger partial charge in [0.15, 0.2) is 0 Å². The van der Waals surface area contributed by atoms with Crippen molar-refractivity contribution in [1.29, 1.82) is 0 Å². The Kier molecular flexibility index (Phi) is 3.62. The van der Waals surface area contributed by atoms with Crippen molar-refractivity contribution in [2.75, 3.05) is 5.43 Å². The van der Waals surface area contributed by atoms with E-state index in [1.165, 1.54) is 25.7 Å². The molecule has 0 saturated heterocycles. The lowest BCUT2D eigenvalue weighted by molar-refractivity contribution is 0.339. The number of hydrogen-bond donors (Lipinski definition) is 2. The maximum Gasteiger partial charge on any atom is 0.146 e. The molecule has 1 saturated carbocycles. The Morgan fingerprint density at radius 1 is 1.12 bits per heavy atom. The number of nitrogen functional groups attached to an aromatic ring is 1. The topological polar surface area (TPSA) is 63.8 Å². The second-order valence-electron chi connectivity index (χ2n) is 5.24. The maximum atomic E-state index is 5.50. The average molecular weight is 234 g/mol. The van der Waals surface area contributed by atoms with E-state index in [1.54, 1.807) is 0 Å². The highest BCUT2D eigenvalue weighted by Crippen LogP contribution is 2.34. The third kappa shape index (κ3) is 2.57. The predicted octanol–water partition coefficient (Wildman–Crippen LogP) is 2.67. The molecule has 1 aliphatic rings. The number of aromatic nitrogens is 2. The first-order valence-corrected chi connectivity index (χ1v) is 6.43. The number of nitrogens with two attached hydrogens (primary N) is 1. The Bertz CT molecular complexity index is 395. The van der Waals surface area contributed by atoms with Crippen molar-refractivity contribution in [2.45, 2.75) is 52.4 Å². The summed E-state index contributed by atoms with van der Waals surface area (Å²) in [5, 5.41) is 0. The number of hydrazine groups is 1. The summed E-state index contributed by atoms with van der Waals surface area (Å²) >= 11 is 0. The zero-order chi connectivity index (χ0) is 12.4. The van der Waals surface area contributed by atoms with Gasteiger partial charge in [-0.15, -0.1) is 0 Å². The van der Waals surface area contributed by atoms with Crippen LogP contribution in [0.15, 0.2) is 0 Å². The summed E-state index contributed by atoms with van der Waals surface area (Å²) in [6, 6.07) is 0. The second kappa shape index (κ2) is 5.00. The molecular formula is C13H22N4. The Hall–Kier alpha value is -1.16. The molecule has 1 aromatic rings. The van der Waals surface area contributed by atoms with E-state index in [0.717, 1.165) is 28.8 Å². The maximum absolute atomic E-state index is 5.50. The molecule has 3 N–H and O–H groups in total. The standard InChI is InChI=1S/C13H22N4/c1-8-4-6-11(7-5-8)13-15-10(3)9(2)12(16-13)17-14/h8,11H,4-7,14H2,1-3H3,(H,15,16,17). The molecule has 4 nitrogen and oxygen atoms in total. The predicted molar refractivity (Wildman–Crippen MR) is 69.7 cm³/mol. The molecule has 2 rings (SSSR count). The lowest BCUT2D eigenvalue weighted by Gasteiger charge is -2.25. The molecule has 1 fully saturated rings. The lowest BCUT2D eigenvalue weighted by Crippen LogP contribution is -2.17. The van der Waals surface area contributed by atoms with Gasteiger partial charge in [0, 0.05) is 17.2 Å². The highest BCUT2D eigenvalue weighted by atomic mass is 15.3. The van der Waals surface area contributed by atoms with Crippen LogP contribution in [0.1, 0.15) is 55.6 Å². The number of rotatable bonds is 2. The molecule has 94 valence electrons. The van der Waals surface area contributed by atoms with Crippen molar-refractivity contribution < 1.29 is 0 Å². The van der Waals surface area contributed by atoms with Gasteiger partial charge in [-0.3, -0.25) is 0 Å². The Morgan fingerprint density at radius 2 is 1.76 bits per heavy atom. The van der Waals surface area contributed by atoms with Gasteiger partial charge in [0.25, 0.3) is 0 Å². The van der Waals surface area contributed by atoms with Crippen molar-refractivity contribution in [3.8, 4) is 0 Å². The number of aryl methyl sites for hydroxylation is 1. The first-order chi connectivity index (χ1) is 8.11. The molecule has 4 heteroatoms. The van der Waals surface area contributed by atoms with Crippen LogP contribution in [0.2, 0.25) is 0 Å². The molecule has 1 aromatic heterocycles. The van der Waals surface area contributed by atoms with E-state index in [1.807, 2.05) is 13.8 Å². The van der Waals surface area contributed by atoms with E-state index in [2.05, 4.69) is 22.3 Å². The van der Waals surface area contributed by atoms with Crippen LogP contribution in [-0.2, 0) is 0 Å². The van der Waals surface area contributed by atoms with E-state index in [-0.39, 0.29) is 0 Å². The van der Waals surface area contributed by atoms with Crippen molar-refractivity contribution in [3.63, 3.8) is 0 Å². The Balaban J connectivity index is 2.24. The van der Waals surface area contributed by atoms with E-state index in [9.17, 15) is 0 Å². The zero-order valence-electron chi connectivity index (χ0n) is 11.0. The fraction of sp³-hybridized carbons (Fsp3) is 0.692. The van der Waals surface area contributed by atoms with Gasteiger partial charge in [0.05, 0.1) is 0 Å². The number of hydrogen-bond acceptors (Lipinski definition) is 4. The summed E-state index contributed by atoms with van der Waals surface area (Å²) in [4.78, 5) is 9.18. The molecule has 17 heavy (non-hydrogen) atoms. The highest BCUT2D eigenvalue weighted by Gasteiger charge is 2.23. The summed E-state index contributed by atoms with van der Waals surface area (Å²) in [5.74, 6) is 8.60. The van der Waals surface area contributed by atoms with Crippen LogP contribution in [-0.4, -0.2) is 9.97 Å². The van der Waals surface area contributed by atoms with Crippen LogP contribution in [0.3, 0.4) is 0 Å². The highest BCUT2D eigenvalue weighted by molar-refractivity contribution is 5.44. The van der Waals surface area contributed by atoms with Crippen LogP contribution in [0.25, 0.3) is 0 Å². The molecule has 0 radical (unpaired) electrons. The van der Waals surface area contributed by atoms with Crippen LogP contribution < -0.4 is 11.3 Å². The third-order valence-electron chi connectivity index (χ3n) is 3.92. The van der Waals surface area contributed by atoms with Crippen LogP contribution in [0, 0.1) is 19.8 Å². The zero-order valence-corrected chi connectivity index (χ0v) is 11.0. The summed E-state index contributed by atoms with van der Waals surface area (Å²) in [5.41, 5.74) is 4.74. The average Bonchev–Trinajstić information content (AvgIpc) is 2.33. The molecule has 0 aliphatic heterocycles. The van der Waals surface area contributed by atoms with Gasteiger partial charge >= 0.3 is 0 Å². The fourth-order valence-corrected chi connectivity index (χ4v) is 2.49. The van der Waals surface area contributed by atoms with Crippen molar-refractivity contribution in [1.82, 2.24) is 9.97 Å². The lowest BCUT2D eigenvalue weighted by atomic mass is 9.82. The molecule has 1 heterocycles. The molecule has 1 aliphatic carbocycles. The molecule has 0 bridgehead atoms. The third-order valence-corrected chi connectivity index (χ3v) is 3.92. The van der Waals surface area contributed by atoms with Gasteiger partial charge < -0.3 is 5.43 Å². The first-order valence-electron chi connectivity index (χ1n) is 6.43. The summed E-state index contributed by atoms with van der Waals surface area (Å²) < 4.78 is 0. The Morgan fingerprint density at radius 3 is 2.35 bits per heavy atom. The minimum Gasteiger partial charge on any atom is -0.308 e. The number of anilines is 1. The van der Waals surface area contributed by atoms with Gasteiger partial charge in [-0.2, -0.15) is 0 Å². The van der Waals surface area contributed by atoms with Crippen LogP contribution in [0.4, 0.5) is 5.82 Å². The van der Waals surface area contributed by atoms with E-state index in [0.29, 0.717) is 5.92 Å². The minimum atomic E-state index is 0.512. The van der Waals surface area contributed by atoms with Gasteiger partial charge in [-0.25, -0.2) is 15.8 Å². The quantitative estimate of drug-likeness (QED) is 0.610. The summed E-state index contributed by atoms with van der Waals surface area (Å²) in [6.45, 7) is 6.34.